The summed E-state index contributed by atoms with van der Waals surface area (Å²) in [5, 5.41) is 12.8. The van der Waals surface area contributed by atoms with E-state index in [-0.39, 0.29) is 5.91 Å². The predicted molar refractivity (Wildman–Crippen MR) is 117 cm³/mol. The molecule has 0 saturated heterocycles. The first-order valence-electron chi connectivity index (χ1n) is 10.5. The fourth-order valence-corrected chi connectivity index (χ4v) is 4.61. The molecule has 0 spiro atoms. The quantitative estimate of drug-likeness (QED) is 0.639. The molecule has 2 aromatic rings. The van der Waals surface area contributed by atoms with Gasteiger partial charge in [0.25, 0.3) is 0 Å². The van der Waals surface area contributed by atoms with Crippen molar-refractivity contribution in [1.29, 1.82) is 0 Å². The largest absolute Gasteiger partial charge is 0.497 e. The summed E-state index contributed by atoms with van der Waals surface area (Å²) in [5.41, 5.74) is 1.02. The Hall–Kier alpha value is -2.02. The lowest BCUT2D eigenvalue weighted by Gasteiger charge is -2.31. The van der Waals surface area contributed by atoms with Crippen LogP contribution in [-0.4, -0.2) is 40.1 Å². The van der Waals surface area contributed by atoms with Gasteiger partial charge in [0.15, 0.2) is 11.0 Å². The van der Waals surface area contributed by atoms with Gasteiger partial charge in [0.1, 0.15) is 5.75 Å². The minimum atomic E-state index is 0.0425. The highest BCUT2D eigenvalue weighted by molar-refractivity contribution is 7.99. The molecule has 1 aromatic carbocycles. The SMILES string of the molecule is COc1ccc(-c2nnc(SCC(=O)NCC(C)C)n2[C@@H]2CCCC[C@H]2C)cc1. The third kappa shape index (κ3) is 5.53. The number of amides is 1. The first-order chi connectivity index (χ1) is 14.0. The van der Waals surface area contributed by atoms with E-state index in [1.807, 2.05) is 24.3 Å². The van der Waals surface area contributed by atoms with E-state index in [1.54, 1.807) is 7.11 Å². The van der Waals surface area contributed by atoms with Crippen molar-refractivity contribution in [2.75, 3.05) is 19.4 Å². The lowest BCUT2D eigenvalue weighted by molar-refractivity contribution is -0.118. The normalized spacial score (nSPS) is 19.3. The van der Waals surface area contributed by atoms with Gasteiger partial charge in [-0.05, 0) is 48.9 Å². The molecule has 1 aliphatic rings. The average Bonchev–Trinajstić information content (AvgIpc) is 3.14. The van der Waals surface area contributed by atoms with Crippen molar-refractivity contribution in [3.63, 3.8) is 0 Å². The first kappa shape index (κ1) is 21.7. The topological polar surface area (TPSA) is 69.0 Å². The number of methoxy groups -OCH3 is 1. The van der Waals surface area contributed by atoms with Gasteiger partial charge in [-0.25, -0.2) is 0 Å². The number of benzene rings is 1. The van der Waals surface area contributed by atoms with Crippen LogP contribution in [-0.2, 0) is 4.79 Å². The lowest BCUT2D eigenvalue weighted by atomic mass is 9.85. The predicted octanol–water partition coefficient (Wildman–Crippen LogP) is 4.57. The van der Waals surface area contributed by atoms with Crippen LogP contribution in [0.2, 0.25) is 0 Å². The second kappa shape index (κ2) is 10.1. The molecular formula is C22H32N4O2S. The van der Waals surface area contributed by atoms with E-state index in [0.717, 1.165) is 28.7 Å². The molecule has 158 valence electrons. The van der Waals surface area contributed by atoms with Gasteiger partial charge in [0.05, 0.1) is 12.9 Å². The molecule has 0 bridgehead atoms. The molecule has 1 fully saturated rings. The molecule has 3 rings (SSSR count). The van der Waals surface area contributed by atoms with Crippen molar-refractivity contribution in [2.45, 2.75) is 57.7 Å². The molecule has 2 atom stereocenters. The smallest absolute Gasteiger partial charge is 0.230 e. The number of carbonyl (C=O) groups is 1. The van der Waals surface area contributed by atoms with E-state index < -0.39 is 0 Å². The van der Waals surface area contributed by atoms with Crippen LogP contribution in [0, 0.1) is 11.8 Å². The van der Waals surface area contributed by atoms with Crippen molar-refractivity contribution >= 4 is 17.7 Å². The maximum Gasteiger partial charge on any atom is 0.230 e. The fraction of sp³-hybridized carbons (Fsp3) is 0.591. The zero-order chi connectivity index (χ0) is 20.8. The molecule has 1 amide bonds. The molecule has 0 radical (unpaired) electrons. The minimum absolute atomic E-state index is 0.0425. The molecule has 1 heterocycles. The van der Waals surface area contributed by atoms with E-state index in [4.69, 9.17) is 4.74 Å². The van der Waals surface area contributed by atoms with Crippen LogP contribution in [0.5, 0.6) is 5.75 Å². The Morgan fingerprint density at radius 2 is 1.97 bits per heavy atom. The van der Waals surface area contributed by atoms with Crippen molar-refractivity contribution in [1.82, 2.24) is 20.1 Å². The number of nitrogens with one attached hydrogen (secondary N) is 1. The third-order valence-electron chi connectivity index (χ3n) is 5.45. The van der Waals surface area contributed by atoms with Gasteiger partial charge in [-0.2, -0.15) is 0 Å². The lowest BCUT2D eigenvalue weighted by Crippen LogP contribution is -2.29. The Kier molecular flexibility index (Phi) is 7.58. The molecule has 1 aliphatic carbocycles. The van der Waals surface area contributed by atoms with Gasteiger partial charge in [-0.1, -0.05) is 45.4 Å². The zero-order valence-corrected chi connectivity index (χ0v) is 18.7. The zero-order valence-electron chi connectivity index (χ0n) is 17.9. The summed E-state index contributed by atoms with van der Waals surface area (Å²) in [7, 11) is 1.67. The summed E-state index contributed by atoms with van der Waals surface area (Å²) >= 11 is 1.48. The van der Waals surface area contributed by atoms with Gasteiger partial charge in [-0.3, -0.25) is 9.36 Å². The summed E-state index contributed by atoms with van der Waals surface area (Å²) < 4.78 is 7.56. The van der Waals surface area contributed by atoms with Crippen molar-refractivity contribution in [3.05, 3.63) is 24.3 Å². The highest BCUT2D eigenvalue weighted by atomic mass is 32.2. The van der Waals surface area contributed by atoms with Crippen LogP contribution in [0.4, 0.5) is 0 Å². The van der Waals surface area contributed by atoms with E-state index in [0.29, 0.717) is 30.2 Å². The Balaban J connectivity index is 1.85. The summed E-state index contributed by atoms with van der Waals surface area (Å²) in [4.78, 5) is 12.2. The minimum Gasteiger partial charge on any atom is -0.497 e. The van der Waals surface area contributed by atoms with Gasteiger partial charge in [-0.15, -0.1) is 10.2 Å². The Labute approximate surface area is 177 Å². The number of thioether (sulfide) groups is 1. The van der Waals surface area contributed by atoms with Crippen molar-refractivity contribution in [3.8, 4) is 17.1 Å². The monoisotopic (exact) mass is 416 g/mol. The van der Waals surface area contributed by atoms with E-state index in [1.165, 1.54) is 31.0 Å². The molecule has 29 heavy (non-hydrogen) atoms. The maximum absolute atomic E-state index is 12.2. The average molecular weight is 417 g/mol. The molecule has 0 aliphatic heterocycles. The number of rotatable bonds is 8. The van der Waals surface area contributed by atoms with Crippen molar-refractivity contribution in [2.24, 2.45) is 11.8 Å². The number of ether oxygens (including phenoxy) is 1. The van der Waals surface area contributed by atoms with E-state index in [2.05, 4.69) is 40.9 Å². The maximum atomic E-state index is 12.2. The molecule has 1 N–H and O–H groups in total. The first-order valence-corrected chi connectivity index (χ1v) is 11.5. The summed E-state index contributed by atoms with van der Waals surface area (Å²) in [5.74, 6) is 3.09. The van der Waals surface area contributed by atoms with Crippen LogP contribution in [0.3, 0.4) is 0 Å². The molecule has 1 aromatic heterocycles. The molecule has 1 saturated carbocycles. The standard InChI is InChI=1S/C22H32N4O2S/c1-15(2)13-23-20(27)14-29-22-25-24-21(17-9-11-18(28-4)12-10-17)26(22)19-8-6-5-7-16(19)3/h9-12,15-16,19H,5-8,13-14H2,1-4H3,(H,23,27)/t16-,19-/m1/s1. The number of aromatic nitrogens is 3. The van der Waals surface area contributed by atoms with Crippen LogP contribution in [0.25, 0.3) is 11.4 Å². The van der Waals surface area contributed by atoms with Gasteiger partial charge in [0.2, 0.25) is 5.91 Å². The molecule has 0 unspecified atom stereocenters. The van der Waals surface area contributed by atoms with Crippen LogP contribution < -0.4 is 10.1 Å². The van der Waals surface area contributed by atoms with E-state index in [9.17, 15) is 4.79 Å². The van der Waals surface area contributed by atoms with Crippen LogP contribution >= 0.6 is 11.8 Å². The third-order valence-corrected chi connectivity index (χ3v) is 6.39. The summed E-state index contributed by atoms with van der Waals surface area (Å²) in [6, 6.07) is 8.31. The Bertz CT molecular complexity index is 804. The molecule has 7 heteroatoms. The van der Waals surface area contributed by atoms with Crippen LogP contribution in [0.1, 0.15) is 52.5 Å². The van der Waals surface area contributed by atoms with Gasteiger partial charge < -0.3 is 10.1 Å². The van der Waals surface area contributed by atoms with Crippen molar-refractivity contribution < 1.29 is 9.53 Å². The van der Waals surface area contributed by atoms with Crippen LogP contribution in [0.15, 0.2) is 29.4 Å². The van der Waals surface area contributed by atoms with Gasteiger partial charge >= 0.3 is 0 Å². The van der Waals surface area contributed by atoms with E-state index >= 15 is 0 Å². The number of hydrogen-bond acceptors (Lipinski definition) is 5. The Morgan fingerprint density at radius 3 is 2.62 bits per heavy atom. The number of carbonyl (C=O) groups excluding carboxylic acids is 1. The Morgan fingerprint density at radius 1 is 1.24 bits per heavy atom. The second-order valence-electron chi connectivity index (χ2n) is 8.22. The fourth-order valence-electron chi connectivity index (χ4n) is 3.79. The number of hydrogen-bond donors (Lipinski definition) is 1. The highest BCUT2D eigenvalue weighted by Gasteiger charge is 2.28. The molecule has 6 nitrogen and oxygen atoms in total. The number of nitrogens with zero attached hydrogens (tertiary/aromatic N) is 3. The summed E-state index contributed by atoms with van der Waals surface area (Å²) in [6.07, 6.45) is 4.82. The van der Waals surface area contributed by atoms with Gasteiger partial charge in [0, 0.05) is 18.2 Å². The second-order valence-corrected chi connectivity index (χ2v) is 9.16. The summed E-state index contributed by atoms with van der Waals surface area (Å²) in [6.45, 7) is 7.19. The molecular weight excluding hydrogens is 384 g/mol. The highest BCUT2D eigenvalue weighted by Crippen LogP contribution is 2.39.